The summed E-state index contributed by atoms with van der Waals surface area (Å²) in [5.74, 6) is -1.22. The van der Waals surface area contributed by atoms with Crippen LogP contribution in [-0.2, 0) is 9.59 Å². The summed E-state index contributed by atoms with van der Waals surface area (Å²) in [6.07, 6.45) is 1.36. The van der Waals surface area contributed by atoms with Crippen LogP contribution in [0.2, 0.25) is 0 Å². The average molecular weight is 390 g/mol. The van der Waals surface area contributed by atoms with Gasteiger partial charge in [-0.15, -0.1) is 11.3 Å². The van der Waals surface area contributed by atoms with Crippen molar-refractivity contribution < 1.29 is 18.8 Å². The number of hydrazine groups is 1. The van der Waals surface area contributed by atoms with E-state index in [-0.39, 0.29) is 24.0 Å². The molecule has 0 bridgehead atoms. The molecule has 0 radical (unpaired) electrons. The molecular weight excluding hydrogens is 376 g/mol. The highest BCUT2D eigenvalue weighted by Gasteiger charge is 2.11. The predicted octanol–water partition coefficient (Wildman–Crippen LogP) is 1.56. The number of amides is 3. The molecule has 0 aliphatic carbocycles. The Hall–Kier alpha value is -2.85. The van der Waals surface area contributed by atoms with E-state index in [4.69, 9.17) is 4.42 Å². The lowest BCUT2D eigenvalue weighted by atomic mass is 10.3. The van der Waals surface area contributed by atoms with Crippen LogP contribution >= 0.6 is 23.1 Å². The highest BCUT2D eigenvalue weighted by molar-refractivity contribution is 8.01. The monoisotopic (exact) mass is 390 g/mol. The highest BCUT2D eigenvalue weighted by atomic mass is 32.2. The zero-order valence-electron chi connectivity index (χ0n) is 13.4. The lowest BCUT2D eigenvalue weighted by Gasteiger charge is -2.07. The topological polar surface area (TPSA) is 113 Å². The highest BCUT2D eigenvalue weighted by Crippen LogP contribution is 2.28. The van der Waals surface area contributed by atoms with Gasteiger partial charge in [-0.2, -0.15) is 0 Å². The number of aromatic nitrogens is 1. The number of thioether (sulfide) groups is 1. The van der Waals surface area contributed by atoms with Crippen molar-refractivity contribution in [2.75, 3.05) is 12.3 Å². The molecule has 8 nitrogen and oxygen atoms in total. The smallest absolute Gasteiger partial charge is 0.287 e. The summed E-state index contributed by atoms with van der Waals surface area (Å²) >= 11 is 2.79. The van der Waals surface area contributed by atoms with Gasteiger partial charge < -0.3 is 9.73 Å². The molecule has 0 atom stereocenters. The van der Waals surface area contributed by atoms with Crippen molar-refractivity contribution in [3.05, 3.63) is 48.4 Å². The van der Waals surface area contributed by atoms with Crippen molar-refractivity contribution in [1.82, 2.24) is 21.2 Å². The number of carbonyl (C=O) groups excluding carboxylic acids is 3. The minimum absolute atomic E-state index is 0.106. The Bertz CT molecular complexity index is 890. The van der Waals surface area contributed by atoms with E-state index in [9.17, 15) is 14.4 Å². The number of para-hydroxylation sites is 1. The average Bonchev–Trinajstić information content (AvgIpc) is 3.31. The second-order valence-corrected chi connectivity index (χ2v) is 7.25. The third-order valence-corrected chi connectivity index (χ3v) is 5.28. The minimum atomic E-state index is -0.553. The van der Waals surface area contributed by atoms with Crippen LogP contribution in [0, 0.1) is 0 Å². The van der Waals surface area contributed by atoms with Gasteiger partial charge in [-0.05, 0) is 24.3 Å². The Morgan fingerprint density at radius 2 is 1.88 bits per heavy atom. The molecule has 3 amide bonds. The standard InChI is InChI=1S/C16H14N4O4S2/c21-13(8-17-15(23)11-5-3-7-24-11)19-20-14(22)9-25-16-18-10-4-1-2-6-12(10)26-16/h1-7H,8-9H2,(H,17,23)(H,19,21)(H,20,22). The van der Waals surface area contributed by atoms with Crippen LogP contribution in [0.5, 0.6) is 0 Å². The number of fused-ring (bicyclic) bond motifs is 1. The van der Waals surface area contributed by atoms with E-state index in [0.717, 1.165) is 14.6 Å². The first kappa shape index (κ1) is 18.0. The summed E-state index contributed by atoms with van der Waals surface area (Å²) in [4.78, 5) is 39.4. The van der Waals surface area contributed by atoms with E-state index in [0.29, 0.717) is 0 Å². The SMILES string of the molecule is O=C(CNC(=O)c1ccco1)NNC(=O)CSc1nc2ccccc2s1. The van der Waals surface area contributed by atoms with Crippen molar-refractivity contribution in [2.24, 2.45) is 0 Å². The maximum absolute atomic E-state index is 11.8. The van der Waals surface area contributed by atoms with Gasteiger partial charge in [-0.3, -0.25) is 25.2 Å². The molecule has 0 fully saturated rings. The van der Waals surface area contributed by atoms with Gasteiger partial charge in [0.05, 0.1) is 28.8 Å². The van der Waals surface area contributed by atoms with Crippen molar-refractivity contribution in [2.45, 2.75) is 4.34 Å². The van der Waals surface area contributed by atoms with Crippen molar-refractivity contribution >= 4 is 51.0 Å². The quantitative estimate of drug-likeness (QED) is 0.435. The molecule has 0 saturated carbocycles. The van der Waals surface area contributed by atoms with E-state index < -0.39 is 11.8 Å². The maximum Gasteiger partial charge on any atom is 0.287 e. The van der Waals surface area contributed by atoms with Gasteiger partial charge in [-0.1, -0.05) is 23.9 Å². The number of benzene rings is 1. The van der Waals surface area contributed by atoms with E-state index in [1.165, 1.54) is 35.4 Å². The van der Waals surface area contributed by atoms with Gasteiger partial charge >= 0.3 is 0 Å². The second kappa shape index (κ2) is 8.50. The molecule has 3 rings (SSSR count). The Kier molecular flexibility index (Phi) is 5.87. The van der Waals surface area contributed by atoms with Crippen LogP contribution in [0.15, 0.2) is 51.4 Å². The molecule has 3 aromatic rings. The van der Waals surface area contributed by atoms with Gasteiger partial charge in [0.2, 0.25) is 5.91 Å². The molecule has 0 spiro atoms. The molecule has 2 heterocycles. The maximum atomic E-state index is 11.8. The third kappa shape index (κ3) is 4.83. The lowest BCUT2D eigenvalue weighted by molar-refractivity contribution is -0.127. The van der Waals surface area contributed by atoms with Gasteiger partial charge in [0, 0.05) is 0 Å². The fraction of sp³-hybridized carbons (Fsp3) is 0.125. The van der Waals surface area contributed by atoms with Gasteiger partial charge in [0.15, 0.2) is 10.1 Å². The number of hydrogen-bond donors (Lipinski definition) is 3. The van der Waals surface area contributed by atoms with Crippen LogP contribution in [0.25, 0.3) is 10.2 Å². The summed E-state index contributed by atoms with van der Waals surface area (Å²) in [6.45, 7) is -0.287. The number of furan rings is 1. The van der Waals surface area contributed by atoms with Crippen LogP contribution in [0.1, 0.15) is 10.6 Å². The summed E-state index contributed by atoms with van der Waals surface area (Å²) in [5, 5.41) is 2.37. The molecule has 0 aliphatic heterocycles. The molecule has 0 unspecified atom stereocenters. The molecule has 26 heavy (non-hydrogen) atoms. The molecule has 1 aromatic carbocycles. The van der Waals surface area contributed by atoms with E-state index in [2.05, 4.69) is 21.2 Å². The first-order valence-electron chi connectivity index (χ1n) is 7.49. The van der Waals surface area contributed by atoms with Crippen LogP contribution < -0.4 is 16.2 Å². The van der Waals surface area contributed by atoms with Crippen LogP contribution in [-0.4, -0.2) is 35.0 Å². The molecule has 0 saturated heterocycles. The van der Waals surface area contributed by atoms with Crippen LogP contribution in [0.4, 0.5) is 0 Å². The summed E-state index contributed by atoms with van der Waals surface area (Å²) in [5.41, 5.74) is 5.41. The summed E-state index contributed by atoms with van der Waals surface area (Å²) in [6, 6.07) is 10.8. The number of carbonyl (C=O) groups is 3. The van der Waals surface area contributed by atoms with Crippen molar-refractivity contribution in [3.8, 4) is 0 Å². The van der Waals surface area contributed by atoms with Crippen molar-refractivity contribution in [3.63, 3.8) is 0 Å². The number of thiazole rings is 1. The van der Waals surface area contributed by atoms with E-state index in [1.807, 2.05) is 24.3 Å². The largest absolute Gasteiger partial charge is 0.459 e. The molecule has 134 valence electrons. The van der Waals surface area contributed by atoms with Gasteiger partial charge in [0.1, 0.15) is 0 Å². The first-order chi connectivity index (χ1) is 12.6. The minimum Gasteiger partial charge on any atom is -0.459 e. The zero-order chi connectivity index (χ0) is 18.4. The Morgan fingerprint density at radius 3 is 2.65 bits per heavy atom. The third-order valence-electron chi connectivity index (χ3n) is 3.10. The van der Waals surface area contributed by atoms with Gasteiger partial charge in [0.25, 0.3) is 11.8 Å². The Balaban J connectivity index is 1.36. The Morgan fingerprint density at radius 1 is 1.08 bits per heavy atom. The molecular formula is C16H14N4O4S2. The number of nitrogens with one attached hydrogen (secondary N) is 3. The summed E-state index contributed by atoms with van der Waals surface area (Å²) in [7, 11) is 0. The predicted molar refractivity (Wildman–Crippen MR) is 97.7 cm³/mol. The van der Waals surface area contributed by atoms with E-state index >= 15 is 0 Å². The van der Waals surface area contributed by atoms with Crippen molar-refractivity contribution in [1.29, 1.82) is 0 Å². The number of hydrogen-bond acceptors (Lipinski definition) is 7. The fourth-order valence-corrected chi connectivity index (χ4v) is 3.78. The molecule has 0 aliphatic rings. The molecule has 2 aromatic heterocycles. The number of rotatable bonds is 6. The lowest BCUT2D eigenvalue weighted by Crippen LogP contribution is -2.46. The molecule has 10 heteroatoms. The van der Waals surface area contributed by atoms with Crippen LogP contribution in [0.3, 0.4) is 0 Å². The normalized spacial score (nSPS) is 10.5. The zero-order valence-corrected chi connectivity index (χ0v) is 15.0. The fourth-order valence-electron chi connectivity index (χ4n) is 1.92. The second-order valence-electron chi connectivity index (χ2n) is 4.99. The molecule has 3 N–H and O–H groups in total. The number of nitrogens with zero attached hydrogens (tertiary/aromatic N) is 1. The first-order valence-corrected chi connectivity index (χ1v) is 9.30. The van der Waals surface area contributed by atoms with Gasteiger partial charge in [-0.25, -0.2) is 4.98 Å². The Labute approximate surface area is 156 Å². The summed E-state index contributed by atoms with van der Waals surface area (Å²) < 4.78 is 6.73. The van der Waals surface area contributed by atoms with E-state index in [1.54, 1.807) is 6.07 Å².